The molecular formula is C23H23F3N6O4. The molecule has 0 saturated carbocycles. The summed E-state index contributed by atoms with van der Waals surface area (Å²) in [6.45, 7) is 0.301. The number of benzene rings is 2. The number of anilines is 2. The van der Waals surface area contributed by atoms with Crippen molar-refractivity contribution in [1.82, 2.24) is 20.2 Å². The van der Waals surface area contributed by atoms with Crippen LogP contribution < -0.4 is 10.2 Å². The molecule has 5 rings (SSSR count). The second-order valence-corrected chi connectivity index (χ2v) is 8.70. The van der Waals surface area contributed by atoms with Gasteiger partial charge in [-0.1, -0.05) is 6.07 Å². The number of alkyl halides is 3. The topological polar surface area (TPSA) is 104 Å². The molecule has 1 amide bonds. The molecule has 1 N–H and O–H groups in total. The highest BCUT2D eigenvalue weighted by Crippen LogP contribution is 2.37. The third kappa shape index (κ3) is 4.71. The maximum Gasteiger partial charge on any atom is 0.416 e. The maximum atomic E-state index is 12.9. The van der Waals surface area contributed by atoms with Crippen LogP contribution in [0.1, 0.15) is 11.6 Å². The van der Waals surface area contributed by atoms with Crippen molar-refractivity contribution in [2.45, 2.75) is 30.5 Å². The summed E-state index contributed by atoms with van der Waals surface area (Å²) in [7, 11) is 3.90. The van der Waals surface area contributed by atoms with Crippen molar-refractivity contribution in [3.63, 3.8) is 0 Å². The summed E-state index contributed by atoms with van der Waals surface area (Å²) in [6.07, 6.45) is -7.22. The number of aromatic nitrogens is 4. The highest BCUT2D eigenvalue weighted by atomic mass is 19.4. The van der Waals surface area contributed by atoms with Crippen molar-refractivity contribution in [3.05, 3.63) is 54.1 Å². The minimum absolute atomic E-state index is 0.0332. The molecule has 1 aromatic heterocycles. The molecule has 4 atom stereocenters. The van der Waals surface area contributed by atoms with Gasteiger partial charge in [0.25, 0.3) is 0 Å². The average Bonchev–Trinajstić information content (AvgIpc) is 3.56. The smallest absolute Gasteiger partial charge is 0.416 e. The highest BCUT2D eigenvalue weighted by Gasteiger charge is 2.51. The third-order valence-corrected chi connectivity index (χ3v) is 6.13. The molecule has 0 aliphatic carbocycles. The van der Waals surface area contributed by atoms with E-state index in [-0.39, 0.29) is 24.9 Å². The Hall–Kier alpha value is -3.71. The number of rotatable bonds is 5. The number of carbonyl (C=O) groups excluding carboxylic acids is 1. The van der Waals surface area contributed by atoms with Gasteiger partial charge in [-0.2, -0.15) is 13.2 Å². The fourth-order valence-corrected chi connectivity index (χ4v) is 4.33. The van der Waals surface area contributed by atoms with Gasteiger partial charge >= 0.3 is 12.3 Å². The summed E-state index contributed by atoms with van der Waals surface area (Å²) in [5.74, 6) is 0.546. The first-order valence-electron chi connectivity index (χ1n) is 11.1. The first-order chi connectivity index (χ1) is 17.2. The number of ether oxygens (including phenoxy) is 3. The number of hydrogen-bond donors (Lipinski definition) is 1. The van der Waals surface area contributed by atoms with Crippen molar-refractivity contribution in [1.29, 1.82) is 0 Å². The Morgan fingerprint density at radius 2 is 1.86 bits per heavy atom. The Balaban J connectivity index is 1.25. The van der Waals surface area contributed by atoms with E-state index in [0.717, 1.165) is 23.4 Å². The van der Waals surface area contributed by atoms with Gasteiger partial charge in [-0.05, 0) is 52.9 Å². The molecule has 0 bridgehead atoms. The van der Waals surface area contributed by atoms with Crippen LogP contribution in [-0.2, 0) is 20.4 Å². The van der Waals surface area contributed by atoms with Crippen molar-refractivity contribution < 1.29 is 32.2 Å². The van der Waals surface area contributed by atoms with Crippen molar-refractivity contribution >= 4 is 17.5 Å². The molecule has 2 fully saturated rings. The molecule has 2 aliphatic heterocycles. The molecule has 36 heavy (non-hydrogen) atoms. The molecule has 13 heteroatoms. The molecule has 0 unspecified atom stereocenters. The molecule has 10 nitrogen and oxygen atoms in total. The van der Waals surface area contributed by atoms with E-state index < -0.39 is 36.1 Å². The van der Waals surface area contributed by atoms with E-state index in [4.69, 9.17) is 14.2 Å². The Bertz CT molecular complexity index is 1230. The van der Waals surface area contributed by atoms with Crippen LogP contribution in [0.3, 0.4) is 0 Å². The second kappa shape index (κ2) is 9.39. The van der Waals surface area contributed by atoms with Crippen molar-refractivity contribution in [2.24, 2.45) is 0 Å². The standard InChI is InChI=1S/C23H23F3N6O4/c1-31(2)16-8-6-13(7-9-16)21-28-29-30-32(21)17-11-34-20-18(12-35-19(17)20)36-22(33)27-15-5-3-4-14(10-15)23(24,25)26/h3-10,17-20H,11-12H2,1-2H3,(H,27,33)/t17-,18+,19+,20+/m0/s1. The molecule has 0 spiro atoms. The van der Waals surface area contributed by atoms with E-state index in [1.165, 1.54) is 12.1 Å². The summed E-state index contributed by atoms with van der Waals surface area (Å²) in [5.41, 5.74) is 0.944. The minimum atomic E-state index is -4.52. The normalized spacial score (nSPS) is 23.4. The Kier molecular flexibility index (Phi) is 6.26. The van der Waals surface area contributed by atoms with Gasteiger partial charge in [0.1, 0.15) is 18.2 Å². The molecule has 190 valence electrons. The molecule has 2 saturated heterocycles. The number of amides is 1. The summed E-state index contributed by atoms with van der Waals surface area (Å²) in [6, 6.07) is 11.7. The van der Waals surface area contributed by atoms with E-state index in [1.807, 2.05) is 43.3 Å². The van der Waals surface area contributed by atoms with E-state index in [9.17, 15) is 18.0 Å². The highest BCUT2D eigenvalue weighted by molar-refractivity contribution is 5.84. The lowest BCUT2D eigenvalue weighted by molar-refractivity contribution is -0.137. The lowest BCUT2D eigenvalue weighted by atomic mass is 10.1. The fraction of sp³-hybridized carbons (Fsp3) is 0.391. The van der Waals surface area contributed by atoms with Crippen LogP contribution >= 0.6 is 0 Å². The van der Waals surface area contributed by atoms with E-state index >= 15 is 0 Å². The van der Waals surface area contributed by atoms with Gasteiger partial charge in [0.2, 0.25) is 0 Å². The van der Waals surface area contributed by atoms with E-state index in [0.29, 0.717) is 5.82 Å². The Labute approximate surface area is 203 Å². The zero-order valence-electron chi connectivity index (χ0n) is 19.3. The maximum absolute atomic E-state index is 12.9. The average molecular weight is 504 g/mol. The Morgan fingerprint density at radius 1 is 1.11 bits per heavy atom. The monoisotopic (exact) mass is 504 g/mol. The fourth-order valence-electron chi connectivity index (χ4n) is 4.33. The van der Waals surface area contributed by atoms with Gasteiger partial charge in [0, 0.05) is 31.0 Å². The summed E-state index contributed by atoms with van der Waals surface area (Å²) < 4.78 is 57.6. The summed E-state index contributed by atoms with van der Waals surface area (Å²) in [4.78, 5) is 14.4. The van der Waals surface area contributed by atoms with Gasteiger partial charge in [-0.25, -0.2) is 9.48 Å². The van der Waals surface area contributed by atoms with Gasteiger partial charge in [-0.15, -0.1) is 5.10 Å². The predicted octanol–water partition coefficient (Wildman–Crippen LogP) is 3.38. The lowest BCUT2D eigenvalue weighted by Gasteiger charge is -2.18. The largest absolute Gasteiger partial charge is 0.441 e. The van der Waals surface area contributed by atoms with E-state index in [2.05, 4.69) is 20.8 Å². The van der Waals surface area contributed by atoms with Crippen LogP contribution in [0.15, 0.2) is 48.5 Å². The first-order valence-corrected chi connectivity index (χ1v) is 11.1. The van der Waals surface area contributed by atoms with Crippen LogP contribution in [-0.4, -0.2) is 71.9 Å². The zero-order valence-corrected chi connectivity index (χ0v) is 19.3. The number of carbonyl (C=O) groups is 1. The molecule has 3 aromatic rings. The quantitative estimate of drug-likeness (QED) is 0.564. The lowest BCUT2D eigenvalue weighted by Crippen LogP contribution is -2.35. The van der Waals surface area contributed by atoms with Crippen molar-refractivity contribution in [3.8, 4) is 11.4 Å². The Morgan fingerprint density at radius 3 is 2.58 bits per heavy atom. The van der Waals surface area contributed by atoms with Gasteiger partial charge in [0.05, 0.1) is 18.8 Å². The number of tetrazole rings is 1. The third-order valence-electron chi connectivity index (χ3n) is 6.13. The number of nitrogens with one attached hydrogen (secondary N) is 1. The van der Waals surface area contributed by atoms with Crippen LogP contribution in [0.4, 0.5) is 29.3 Å². The number of nitrogens with zero attached hydrogens (tertiary/aromatic N) is 5. The predicted molar refractivity (Wildman–Crippen MR) is 121 cm³/mol. The zero-order chi connectivity index (χ0) is 25.4. The summed E-state index contributed by atoms with van der Waals surface area (Å²) in [5, 5.41) is 14.4. The van der Waals surface area contributed by atoms with Crippen LogP contribution in [0.25, 0.3) is 11.4 Å². The number of fused-ring (bicyclic) bond motifs is 1. The number of halogens is 3. The molecule has 0 radical (unpaired) electrons. The molecule has 2 aromatic carbocycles. The molecule has 2 aliphatic rings. The summed E-state index contributed by atoms with van der Waals surface area (Å²) >= 11 is 0. The minimum Gasteiger partial charge on any atom is -0.441 e. The van der Waals surface area contributed by atoms with Gasteiger partial charge < -0.3 is 19.1 Å². The van der Waals surface area contributed by atoms with Crippen LogP contribution in [0.5, 0.6) is 0 Å². The molecular weight excluding hydrogens is 481 g/mol. The second-order valence-electron chi connectivity index (χ2n) is 8.70. The number of hydrogen-bond acceptors (Lipinski definition) is 8. The van der Waals surface area contributed by atoms with Crippen molar-refractivity contribution in [2.75, 3.05) is 37.5 Å². The van der Waals surface area contributed by atoms with Crippen LogP contribution in [0.2, 0.25) is 0 Å². The SMILES string of the molecule is CN(C)c1ccc(-c2nnnn2[C@H]2CO[C@H]3[C@@H]2OC[C@H]3OC(=O)Nc2cccc(C(F)(F)F)c2)cc1. The first kappa shape index (κ1) is 24.0. The van der Waals surface area contributed by atoms with Gasteiger partial charge in [0.15, 0.2) is 11.9 Å². The van der Waals surface area contributed by atoms with E-state index in [1.54, 1.807) is 4.68 Å². The molecule has 3 heterocycles. The van der Waals surface area contributed by atoms with Gasteiger partial charge in [-0.3, -0.25) is 5.32 Å². The van der Waals surface area contributed by atoms with Crippen LogP contribution in [0, 0.1) is 0 Å².